The molecule has 1 aromatic carbocycles. The highest BCUT2D eigenvalue weighted by atomic mass is 35.5. The smallest absolute Gasteiger partial charge is 0.141 e. The molecule has 3 nitrogen and oxygen atoms in total. The van der Waals surface area contributed by atoms with Gasteiger partial charge in [0.25, 0.3) is 0 Å². The summed E-state index contributed by atoms with van der Waals surface area (Å²) in [6.07, 6.45) is 1.20. The van der Waals surface area contributed by atoms with Crippen LogP contribution < -0.4 is 9.64 Å². The summed E-state index contributed by atoms with van der Waals surface area (Å²) in [6.45, 7) is 0.604. The molecule has 0 saturated heterocycles. The Morgan fingerprint density at radius 1 is 1.30 bits per heavy atom. The number of alkyl halides is 1. The number of rotatable bonds is 5. The van der Waals surface area contributed by atoms with Crippen LogP contribution >= 0.6 is 11.6 Å². The number of pyridine rings is 1. The molecule has 0 N–H and O–H groups in total. The number of anilines is 1. The first kappa shape index (κ1) is 14.6. The van der Waals surface area contributed by atoms with E-state index in [4.69, 9.17) is 16.3 Å². The second-order valence-electron chi connectivity index (χ2n) is 4.44. The molecule has 1 heterocycles. The zero-order valence-electron chi connectivity index (χ0n) is 11.4. The molecular weight excluding hydrogens is 279 g/mol. The zero-order valence-corrected chi connectivity index (χ0v) is 12.2. The van der Waals surface area contributed by atoms with Crippen LogP contribution in [-0.4, -0.2) is 19.1 Å². The second kappa shape index (κ2) is 6.57. The van der Waals surface area contributed by atoms with Crippen LogP contribution in [0.4, 0.5) is 10.2 Å². The third kappa shape index (κ3) is 3.20. The summed E-state index contributed by atoms with van der Waals surface area (Å²) >= 11 is 5.85. The molecule has 0 amide bonds. The van der Waals surface area contributed by atoms with Crippen LogP contribution in [0.2, 0.25) is 0 Å². The van der Waals surface area contributed by atoms with Gasteiger partial charge in [0.2, 0.25) is 0 Å². The lowest BCUT2D eigenvalue weighted by Gasteiger charge is -2.21. The van der Waals surface area contributed by atoms with E-state index in [0.717, 1.165) is 11.3 Å². The van der Waals surface area contributed by atoms with Crippen molar-refractivity contribution >= 4 is 17.4 Å². The first-order valence-corrected chi connectivity index (χ1v) is 6.72. The Morgan fingerprint density at radius 2 is 2.05 bits per heavy atom. The maximum absolute atomic E-state index is 13.2. The van der Waals surface area contributed by atoms with Crippen LogP contribution in [0.1, 0.15) is 11.1 Å². The third-order valence-corrected chi connectivity index (χ3v) is 3.30. The molecule has 0 spiro atoms. The summed E-state index contributed by atoms with van der Waals surface area (Å²) in [4.78, 5) is 6.05. The molecule has 0 aliphatic rings. The van der Waals surface area contributed by atoms with Crippen LogP contribution in [0.25, 0.3) is 0 Å². The van der Waals surface area contributed by atoms with Gasteiger partial charge in [-0.2, -0.15) is 0 Å². The van der Waals surface area contributed by atoms with E-state index in [1.165, 1.54) is 12.3 Å². The van der Waals surface area contributed by atoms with E-state index in [9.17, 15) is 4.39 Å². The van der Waals surface area contributed by atoms with Gasteiger partial charge in [-0.25, -0.2) is 9.37 Å². The molecule has 0 fully saturated rings. The predicted molar refractivity (Wildman–Crippen MR) is 78.9 cm³/mol. The average Bonchev–Trinajstić information content (AvgIpc) is 2.47. The lowest BCUT2D eigenvalue weighted by atomic mass is 10.2. The van der Waals surface area contributed by atoms with Crippen LogP contribution in [-0.2, 0) is 12.4 Å². The summed E-state index contributed by atoms with van der Waals surface area (Å²) in [5, 5.41) is 0. The van der Waals surface area contributed by atoms with Crippen molar-refractivity contribution in [2.45, 2.75) is 12.4 Å². The molecule has 5 heteroatoms. The molecule has 0 aliphatic carbocycles. The number of benzene rings is 1. The minimum absolute atomic E-state index is 0.219. The molecule has 0 aliphatic heterocycles. The molecule has 2 aromatic rings. The number of aromatic nitrogens is 1. The molecule has 0 radical (unpaired) electrons. The Labute approximate surface area is 123 Å². The maximum atomic E-state index is 13.2. The molecule has 0 saturated carbocycles. The normalized spacial score (nSPS) is 10.4. The topological polar surface area (TPSA) is 25.4 Å². The van der Waals surface area contributed by atoms with Crippen molar-refractivity contribution < 1.29 is 9.13 Å². The molecule has 106 valence electrons. The van der Waals surface area contributed by atoms with Gasteiger partial charge in [-0.05, 0) is 12.1 Å². The van der Waals surface area contributed by atoms with E-state index in [1.54, 1.807) is 7.11 Å². The predicted octanol–water partition coefficient (Wildman–Crippen LogP) is 3.60. The number of nitrogens with zero attached hydrogens (tertiary/aromatic N) is 2. The number of para-hydroxylation sites is 1. The van der Waals surface area contributed by atoms with E-state index in [0.29, 0.717) is 17.9 Å². The molecule has 0 unspecified atom stereocenters. The number of hydrogen-bond acceptors (Lipinski definition) is 3. The lowest BCUT2D eigenvalue weighted by Crippen LogP contribution is -2.19. The Morgan fingerprint density at radius 3 is 2.75 bits per heavy atom. The number of halogens is 2. The Kier molecular flexibility index (Phi) is 4.79. The molecular formula is C15H16ClFN2O. The number of hydrogen-bond donors (Lipinski definition) is 0. The number of ether oxygens (including phenoxy) is 1. The minimum Gasteiger partial charge on any atom is -0.496 e. The van der Waals surface area contributed by atoms with E-state index >= 15 is 0 Å². The lowest BCUT2D eigenvalue weighted by molar-refractivity contribution is 0.409. The fraction of sp³-hybridized carbons (Fsp3) is 0.267. The summed E-state index contributed by atoms with van der Waals surface area (Å²) < 4.78 is 18.5. The third-order valence-electron chi connectivity index (χ3n) is 3.02. The van der Waals surface area contributed by atoms with E-state index < -0.39 is 0 Å². The van der Waals surface area contributed by atoms with Crippen LogP contribution in [0, 0.1) is 5.82 Å². The summed E-state index contributed by atoms with van der Waals surface area (Å²) in [5.74, 6) is 1.33. The SMILES string of the molecule is COc1ccccc1CN(C)c1ncc(F)cc1CCl. The van der Waals surface area contributed by atoms with Crippen molar-refractivity contribution in [2.75, 3.05) is 19.1 Å². The highest BCUT2D eigenvalue weighted by molar-refractivity contribution is 6.17. The zero-order chi connectivity index (χ0) is 14.5. The summed E-state index contributed by atoms with van der Waals surface area (Å²) in [6, 6.07) is 9.17. The van der Waals surface area contributed by atoms with Crippen molar-refractivity contribution in [1.29, 1.82) is 0 Å². The fourth-order valence-corrected chi connectivity index (χ4v) is 2.28. The maximum Gasteiger partial charge on any atom is 0.141 e. The van der Waals surface area contributed by atoms with Gasteiger partial charge < -0.3 is 9.64 Å². The quantitative estimate of drug-likeness (QED) is 0.788. The fourth-order valence-electron chi connectivity index (χ4n) is 2.08. The highest BCUT2D eigenvalue weighted by Gasteiger charge is 2.12. The standard InChI is InChI=1S/C15H16ClFN2O/c1-19(10-11-5-3-4-6-14(11)20-2)15-12(8-16)7-13(17)9-18-15/h3-7,9H,8,10H2,1-2H3. The van der Waals surface area contributed by atoms with Gasteiger partial charge in [0.05, 0.1) is 19.2 Å². The molecule has 20 heavy (non-hydrogen) atoms. The van der Waals surface area contributed by atoms with Crippen LogP contribution in [0.15, 0.2) is 36.5 Å². The van der Waals surface area contributed by atoms with Gasteiger partial charge in [-0.15, -0.1) is 11.6 Å². The van der Waals surface area contributed by atoms with Crippen molar-refractivity contribution in [3.8, 4) is 5.75 Å². The highest BCUT2D eigenvalue weighted by Crippen LogP contribution is 2.24. The van der Waals surface area contributed by atoms with Crippen molar-refractivity contribution in [1.82, 2.24) is 4.98 Å². The first-order chi connectivity index (χ1) is 9.65. The molecule has 1 aromatic heterocycles. The number of methoxy groups -OCH3 is 1. The van der Waals surface area contributed by atoms with Crippen molar-refractivity contribution in [3.63, 3.8) is 0 Å². The van der Waals surface area contributed by atoms with E-state index in [2.05, 4.69) is 4.98 Å². The van der Waals surface area contributed by atoms with Gasteiger partial charge in [0, 0.05) is 24.7 Å². The average molecular weight is 295 g/mol. The van der Waals surface area contributed by atoms with Gasteiger partial charge >= 0.3 is 0 Å². The van der Waals surface area contributed by atoms with Gasteiger partial charge in [-0.1, -0.05) is 18.2 Å². The molecule has 2 rings (SSSR count). The Hall–Kier alpha value is -1.81. The monoisotopic (exact) mass is 294 g/mol. The summed E-state index contributed by atoms with van der Waals surface area (Å²) in [5.41, 5.74) is 1.70. The van der Waals surface area contributed by atoms with E-state index in [1.807, 2.05) is 36.2 Å². The Bertz CT molecular complexity index is 592. The molecule has 0 bridgehead atoms. The largest absolute Gasteiger partial charge is 0.496 e. The molecule has 0 atom stereocenters. The Balaban J connectivity index is 2.26. The minimum atomic E-state index is -0.380. The van der Waals surface area contributed by atoms with Gasteiger partial charge in [0.1, 0.15) is 17.4 Å². The van der Waals surface area contributed by atoms with Crippen molar-refractivity contribution in [2.24, 2.45) is 0 Å². The second-order valence-corrected chi connectivity index (χ2v) is 4.71. The van der Waals surface area contributed by atoms with Gasteiger partial charge in [0.15, 0.2) is 0 Å². The van der Waals surface area contributed by atoms with Crippen LogP contribution in [0.3, 0.4) is 0 Å². The van der Waals surface area contributed by atoms with Crippen molar-refractivity contribution in [3.05, 3.63) is 53.5 Å². The summed E-state index contributed by atoms with van der Waals surface area (Å²) in [7, 11) is 3.53. The van der Waals surface area contributed by atoms with Crippen LogP contribution in [0.5, 0.6) is 5.75 Å². The first-order valence-electron chi connectivity index (χ1n) is 6.19. The van der Waals surface area contributed by atoms with E-state index in [-0.39, 0.29) is 11.7 Å². The van der Waals surface area contributed by atoms with Gasteiger partial charge in [-0.3, -0.25) is 0 Å².